The number of benzene rings is 2. The molecule has 0 unspecified atom stereocenters. The number of hydrogen-bond donors (Lipinski definition) is 1. The van der Waals surface area contributed by atoms with E-state index in [2.05, 4.69) is 21.2 Å². The summed E-state index contributed by atoms with van der Waals surface area (Å²) < 4.78 is 11.2. The van der Waals surface area contributed by atoms with Gasteiger partial charge in [0.15, 0.2) is 0 Å². The number of methoxy groups -OCH3 is 1. The summed E-state index contributed by atoms with van der Waals surface area (Å²) in [6.07, 6.45) is 0. The van der Waals surface area contributed by atoms with E-state index in [1.165, 1.54) is 0 Å². The zero-order chi connectivity index (χ0) is 15.1. The zero-order valence-corrected chi connectivity index (χ0v) is 13.2. The molecule has 5 heteroatoms. The lowest BCUT2D eigenvalue weighted by Gasteiger charge is -2.08. The Morgan fingerprint density at radius 2 is 1.90 bits per heavy atom. The Bertz CT molecular complexity index is 599. The van der Waals surface area contributed by atoms with E-state index in [0.717, 1.165) is 15.9 Å². The molecule has 0 fully saturated rings. The molecular formula is C16H16BrNO3. The van der Waals surface area contributed by atoms with Crippen molar-refractivity contribution in [3.05, 3.63) is 58.6 Å². The first-order chi connectivity index (χ1) is 10.2. The molecule has 0 aliphatic carbocycles. The topological polar surface area (TPSA) is 47.6 Å². The SMILES string of the molecule is COCCOc1ccc(NC(=O)c2cccc(Br)c2)cc1. The van der Waals surface area contributed by atoms with Crippen LogP contribution in [-0.4, -0.2) is 26.2 Å². The third-order valence-electron chi connectivity index (χ3n) is 2.76. The van der Waals surface area contributed by atoms with Gasteiger partial charge in [-0.15, -0.1) is 0 Å². The number of hydrogen-bond acceptors (Lipinski definition) is 3. The van der Waals surface area contributed by atoms with E-state index >= 15 is 0 Å². The first kappa shape index (κ1) is 15.5. The van der Waals surface area contributed by atoms with E-state index in [4.69, 9.17) is 9.47 Å². The number of carbonyl (C=O) groups excluding carboxylic acids is 1. The highest BCUT2D eigenvalue weighted by molar-refractivity contribution is 9.10. The second kappa shape index (κ2) is 7.81. The van der Waals surface area contributed by atoms with Crippen LogP contribution in [0.4, 0.5) is 5.69 Å². The van der Waals surface area contributed by atoms with Crippen molar-refractivity contribution in [3.8, 4) is 5.75 Å². The Hall–Kier alpha value is -1.85. The summed E-state index contributed by atoms with van der Waals surface area (Å²) in [7, 11) is 1.63. The van der Waals surface area contributed by atoms with E-state index in [1.54, 1.807) is 31.4 Å². The fraction of sp³-hybridized carbons (Fsp3) is 0.188. The molecule has 2 aromatic carbocycles. The maximum atomic E-state index is 12.1. The van der Waals surface area contributed by atoms with E-state index in [9.17, 15) is 4.79 Å². The number of rotatable bonds is 6. The summed E-state index contributed by atoms with van der Waals surface area (Å²) in [5.41, 5.74) is 1.32. The molecule has 2 rings (SSSR count). The highest BCUT2D eigenvalue weighted by atomic mass is 79.9. The molecule has 110 valence electrons. The number of carbonyl (C=O) groups is 1. The van der Waals surface area contributed by atoms with Crippen LogP contribution >= 0.6 is 15.9 Å². The number of ether oxygens (including phenoxy) is 2. The fourth-order valence-corrected chi connectivity index (χ4v) is 2.11. The molecule has 0 aliphatic rings. The van der Waals surface area contributed by atoms with Gasteiger partial charge in [-0.2, -0.15) is 0 Å². The normalized spacial score (nSPS) is 10.2. The Morgan fingerprint density at radius 1 is 1.14 bits per heavy atom. The van der Waals surface area contributed by atoms with Crippen molar-refractivity contribution in [2.24, 2.45) is 0 Å². The minimum atomic E-state index is -0.149. The molecule has 4 nitrogen and oxygen atoms in total. The monoisotopic (exact) mass is 349 g/mol. The molecule has 0 aliphatic heterocycles. The summed E-state index contributed by atoms with van der Waals surface area (Å²) in [5, 5.41) is 2.84. The van der Waals surface area contributed by atoms with Crippen molar-refractivity contribution in [2.45, 2.75) is 0 Å². The van der Waals surface area contributed by atoms with Gasteiger partial charge in [0.2, 0.25) is 0 Å². The van der Waals surface area contributed by atoms with Crippen molar-refractivity contribution in [3.63, 3.8) is 0 Å². The van der Waals surface area contributed by atoms with Gasteiger partial charge in [0.25, 0.3) is 5.91 Å². The third-order valence-corrected chi connectivity index (χ3v) is 3.25. The van der Waals surface area contributed by atoms with Gasteiger partial charge in [-0.1, -0.05) is 22.0 Å². The molecule has 0 atom stereocenters. The summed E-state index contributed by atoms with van der Waals surface area (Å²) in [6.45, 7) is 1.04. The Labute approximate surface area is 132 Å². The lowest BCUT2D eigenvalue weighted by Crippen LogP contribution is -2.11. The second-order valence-electron chi connectivity index (χ2n) is 4.33. The van der Waals surface area contributed by atoms with Gasteiger partial charge in [0.05, 0.1) is 6.61 Å². The summed E-state index contributed by atoms with van der Waals surface area (Å²) in [5.74, 6) is 0.594. The molecule has 0 heterocycles. The van der Waals surface area contributed by atoms with Crippen LogP contribution in [0.5, 0.6) is 5.75 Å². The van der Waals surface area contributed by atoms with Gasteiger partial charge in [-0.3, -0.25) is 4.79 Å². The molecule has 2 aromatic rings. The highest BCUT2D eigenvalue weighted by Crippen LogP contribution is 2.17. The van der Waals surface area contributed by atoms with Crippen LogP contribution in [-0.2, 0) is 4.74 Å². The van der Waals surface area contributed by atoms with Gasteiger partial charge in [-0.25, -0.2) is 0 Å². The first-order valence-corrected chi connectivity index (χ1v) is 7.27. The summed E-state index contributed by atoms with van der Waals surface area (Å²) in [6, 6.07) is 14.5. The molecule has 0 bridgehead atoms. The fourth-order valence-electron chi connectivity index (χ4n) is 1.71. The van der Waals surface area contributed by atoms with E-state index in [-0.39, 0.29) is 5.91 Å². The predicted octanol–water partition coefficient (Wildman–Crippen LogP) is 3.73. The molecule has 21 heavy (non-hydrogen) atoms. The van der Waals surface area contributed by atoms with Crippen LogP contribution < -0.4 is 10.1 Å². The zero-order valence-electron chi connectivity index (χ0n) is 11.6. The lowest BCUT2D eigenvalue weighted by atomic mass is 10.2. The molecular weight excluding hydrogens is 334 g/mol. The molecule has 0 saturated heterocycles. The van der Waals surface area contributed by atoms with Crippen molar-refractivity contribution < 1.29 is 14.3 Å². The maximum Gasteiger partial charge on any atom is 0.255 e. The average molecular weight is 350 g/mol. The van der Waals surface area contributed by atoms with Crippen LogP contribution in [0.25, 0.3) is 0 Å². The van der Waals surface area contributed by atoms with Crippen LogP contribution in [0.2, 0.25) is 0 Å². The van der Waals surface area contributed by atoms with Crippen molar-refractivity contribution in [1.82, 2.24) is 0 Å². The van der Waals surface area contributed by atoms with Crippen molar-refractivity contribution in [1.29, 1.82) is 0 Å². The number of amides is 1. The Balaban J connectivity index is 1.95. The molecule has 0 radical (unpaired) electrons. The number of anilines is 1. The molecule has 0 aromatic heterocycles. The highest BCUT2D eigenvalue weighted by Gasteiger charge is 2.06. The molecule has 0 saturated carbocycles. The average Bonchev–Trinajstić information content (AvgIpc) is 2.49. The first-order valence-electron chi connectivity index (χ1n) is 6.48. The summed E-state index contributed by atoms with van der Waals surface area (Å²) >= 11 is 3.35. The Morgan fingerprint density at radius 3 is 2.57 bits per heavy atom. The molecule has 0 spiro atoms. The van der Waals surface area contributed by atoms with E-state index < -0.39 is 0 Å². The van der Waals surface area contributed by atoms with Crippen LogP contribution in [0.15, 0.2) is 53.0 Å². The number of halogens is 1. The summed E-state index contributed by atoms with van der Waals surface area (Å²) in [4.78, 5) is 12.1. The second-order valence-corrected chi connectivity index (χ2v) is 5.25. The van der Waals surface area contributed by atoms with Gasteiger partial charge >= 0.3 is 0 Å². The predicted molar refractivity (Wildman–Crippen MR) is 85.9 cm³/mol. The van der Waals surface area contributed by atoms with Gasteiger partial charge in [0, 0.05) is 22.8 Å². The Kier molecular flexibility index (Phi) is 5.78. The smallest absolute Gasteiger partial charge is 0.255 e. The maximum absolute atomic E-state index is 12.1. The van der Waals surface area contributed by atoms with Crippen LogP contribution in [0.3, 0.4) is 0 Å². The molecule has 1 amide bonds. The standard InChI is InChI=1S/C16H16BrNO3/c1-20-9-10-21-15-7-5-14(6-8-15)18-16(19)12-3-2-4-13(17)11-12/h2-8,11H,9-10H2,1H3,(H,18,19). The lowest BCUT2D eigenvalue weighted by molar-refractivity contribution is 0.102. The third kappa shape index (κ3) is 4.88. The minimum Gasteiger partial charge on any atom is -0.491 e. The van der Waals surface area contributed by atoms with Crippen molar-refractivity contribution >= 4 is 27.5 Å². The van der Waals surface area contributed by atoms with Gasteiger partial charge in [-0.05, 0) is 42.5 Å². The quantitative estimate of drug-likeness (QED) is 0.808. The molecule has 1 N–H and O–H groups in total. The van der Waals surface area contributed by atoms with Gasteiger partial charge < -0.3 is 14.8 Å². The van der Waals surface area contributed by atoms with E-state index in [1.807, 2.05) is 24.3 Å². The number of nitrogens with one attached hydrogen (secondary N) is 1. The largest absolute Gasteiger partial charge is 0.491 e. The van der Waals surface area contributed by atoms with Crippen LogP contribution in [0, 0.1) is 0 Å². The van der Waals surface area contributed by atoms with Gasteiger partial charge in [0.1, 0.15) is 12.4 Å². The van der Waals surface area contributed by atoms with E-state index in [0.29, 0.717) is 18.8 Å². The minimum absolute atomic E-state index is 0.149. The van der Waals surface area contributed by atoms with Crippen LogP contribution in [0.1, 0.15) is 10.4 Å². The van der Waals surface area contributed by atoms with Crippen molar-refractivity contribution in [2.75, 3.05) is 25.6 Å².